The van der Waals surface area contributed by atoms with Gasteiger partial charge in [0.2, 0.25) is 0 Å². The Morgan fingerprint density at radius 1 is 1.00 bits per heavy atom. The summed E-state index contributed by atoms with van der Waals surface area (Å²) in [7, 11) is 0. The van der Waals surface area contributed by atoms with E-state index in [-0.39, 0.29) is 31.5 Å². The van der Waals surface area contributed by atoms with Gasteiger partial charge in [-0.1, -0.05) is 24.6 Å². The highest BCUT2D eigenvalue weighted by Crippen LogP contribution is 2.53. The number of aliphatic hydroxyl groups excluding tert-OH is 1. The van der Waals surface area contributed by atoms with E-state index >= 15 is 0 Å². The Morgan fingerprint density at radius 3 is 2.24 bits per heavy atom. The van der Waals surface area contributed by atoms with Crippen LogP contribution in [0.2, 0.25) is 0 Å². The van der Waals surface area contributed by atoms with Crippen LogP contribution in [0.3, 0.4) is 0 Å². The molecule has 1 amide bonds. The van der Waals surface area contributed by atoms with Crippen LogP contribution in [0, 0.1) is 17.2 Å². The highest BCUT2D eigenvalue weighted by Gasteiger charge is 2.58. The largest absolute Gasteiger partial charge is 0.493 e. The molecule has 1 atom stereocenters. The number of likely N-dealkylation sites (tertiary alicyclic amines) is 2. The van der Waals surface area contributed by atoms with Gasteiger partial charge in [-0.25, -0.2) is 4.39 Å². The number of benzene rings is 2. The first-order valence-corrected chi connectivity index (χ1v) is 13.4. The minimum absolute atomic E-state index is 0.00452. The summed E-state index contributed by atoms with van der Waals surface area (Å²) in [5.41, 5.74) is -0.0822. The van der Waals surface area contributed by atoms with Crippen molar-refractivity contribution in [3.63, 3.8) is 0 Å². The third kappa shape index (κ3) is 5.69. The second-order valence-electron chi connectivity index (χ2n) is 11.1. The van der Waals surface area contributed by atoms with Crippen LogP contribution in [-0.2, 0) is 0 Å². The smallest absolute Gasteiger partial charge is 0.395 e. The van der Waals surface area contributed by atoms with Gasteiger partial charge in [-0.15, -0.1) is 0 Å². The normalized spacial score (nSPS) is 22.3. The molecule has 9 heteroatoms. The van der Waals surface area contributed by atoms with Crippen molar-refractivity contribution in [2.45, 2.75) is 50.8 Å². The van der Waals surface area contributed by atoms with E-state index in [2.05, 4.69) is 0 Å². The molecule has 206 valence electrons. The molecule has 0 aromatic heterocycles. The van der Waals surface area contributed by atoms with Crippen LogP contribution in [0.25, 0.3) is 11.1 Å². The van der Waals surface area contributed by atoms with Crippen molar-refractivity contribution >= 4 is 5.91 Å². The number of aliphatic hydroxyl groups is 1. The molecular formula is C29H34F4N2O3. The monoisotopic (exact) mass is 534 g/mol. The molecule has 2 saturated heterocycles. The lowest BCUT2D eigenvalue weighted by Crippen LogP contribution is -2.53. The molecule has 0 radical (unpaired) electrons. The average Bonchev–Trinajstić information content (AvgIpc) is 3.31. The summed E-state index contributed by atoms with van der Waals surface area (Å²) in [6.45, 7) is 2.58. The second kappa shape index (κ2) is 10.8. The number of carbonyl (C=O) groups is 1. The number of alkyl halides is 3. The molecule has 1 N–H and O–H groups in total. The number of piperidine rings is 1. The zero-order chi connectivity index (χ0) is 26.9. The first-order valence-electron chi connectivity index (χ1n) is 13.4. The molecule has 2 aromatic carbocycles. The molecule has 2 heterocycles. The van der Waals surface area contributed by atoms with Gasteiger partial charge >= 0.3 is 6.18 Å². The van der Waals surface area contributed by atoms with Gasteiger partial charge in [-0.3, -0.25) is 4.79 Å². The van der Waals surface area contributed by atoms with E-state index in [4.69, 9.17) is 4.74 Å². The van der Waals surface area contributed by atoms with Crippen LogP contribution in [-0.4, -0.2) is 72.4 Å². The minimum atomic E-state index is -4.12. The first-order chi connectivity index (χ1) is 18.1. The van der Waals surface area contributed by atoms with Crippen molar-refractivity contribution in [2.24, 2.45) is 11.3 Å². The van der Waals surface area contributed by atoms with E-state index in [1.165, 1.54) is 17.0 Å². The van der Waals surface area contributed by atoms with Crippen molar-refractivity contribution in [3.05, 3.63) is 53.8 Å². The fourth-order valence-corrected chi connectivity index (χ4v) is 5.80. The quantitative estimate of drug-likeness (QED) is 0.475. The molecule has 2 aromatic rings. The Morgan fingerprint density at radius 2 is 1.68 bits per heavy atom. The highest BCUT2D eigenvalue weighted by molar-refractivity contribution is 5.95. The van der Waals surface area contributed by atoms with Gasteiger partial charge in [-0.05, 0) is 86.5 Å². The number of hydrogen-bond acceptors (Lipinski definition) is 4. The summed E-state index contributed by atoms with van der Waals surface area (Å²) < 4.78 is 61.2. The van der Waals surface area contributed by atoms with Crippen molar-refractivity contribution in [2.75, 3.05) is 39.3 Å². The molecule has 38 heavy (non-hydrogen) atoms. The Kier molecular flexibility index (Phi) is 7.69. The average molecular weight is 535 g/mol. The van der Waals surface area contributed by atoms with E-state index in [0.29, 0.717) is 56.3 Å². The first kappa shape index (κ1) is 26.9. The number of β-amino-alcohol motifs (C(OH)–C–C–N with tert-alkyl or cyclic N) is 1. The number of halogens is 4. The Balaban J connectivity index is 1.11. The fraction of sp³-hybridized carbons (Fsp3) is 0.552. The molecule has 1 aliphatic carbocycles. The number of nitrogens with zero attached hydrogens (tertiary/aromatic N) is 2. The molecule has 0 spiro atoms. The zero-order valence-electron chi connectivity index (χ0n) is 21.4. The van der Waals surface area contributed by atoms with Crippen LogP contribution in [0.15, 0.2) is 42.5 Å². The number of ether oxygens (including phenoxy) is 1. The zero-order valence-corrected chi connectivity index (χ0v) is 21.4. The summed E-state index contributed by atoms with van der Waals surface area (Å²) in [6.07, 6.45) is -1.41. The fourth-order valence-electron chi connectivity index (χ4n) is 5.80. The van der Waals surface area contributed by atoms with E-state index < -0.39 is 29.4 Å². The third-order valence-electron chi connectivity index (χ3n) is 8.47. The van der Waals surface area contributed by atoms with Gasteiger partial charge in [0.05, 0.1) is 23.7 Å². The van der Waals surface area contributed by atoms with Crippen molar-refractivity contribution in [1.82, 2.24) is 9.80 Å². The lowest BCUT2D eigenvalue weighted by molar-refractivity contribution is -0.256. The predicted octanol–water partition coefficient (Wildman–Crippen LogP) is 5.52. The van der Waals surface area contributed by atoms with Gasteiger partial charge in [0.15, 0.2) is 0 Å². The van der Waals surface area contributed by atoms with Crippen molar-refractivity contribution in [3.8, 4) is 16.9 Å². The predicted molar refractivity (Wildman–Crippen MR) is 135 cm³/mol. The van der Waals surface area contributed by atoms with Gasteiger partial charge in [0.25, 0.3) is 5.91 Å². The van der Waals surface area contributed by atoms with Crippen LogP contribution >= 0.6 is 0 Å². The third-order valence-corrected chi connectivity index (χ3v) is 8.47. The Hall–Kier alpha value is -2.65. The molecular weight excluding hydrogens is 500 g/mol. The molecule has 5 nitrogen and oxygen atoms in total. The number of amides is 1. The molecule has 3 fully saturated rings. The van der Waals surface area contributed by atoms with Crippen LogP contribution in [0.5, 0.6) is 5.75 Å². The highest BCUT2D eigenvalue weighted by atomic mass is 19.4. The van der Waals surface area contributed by atoms with Crippen LogP contribution < -0.4 is 4.74 Å². The lowest BCUT2D eigenvalue weighted by Gasteiger charge is -2.47. The number of carbonyl (C=O) groups excluding carboxylic acids is 1. The van der Waals surface area contributed by atoms with E-state index in [9.17, 15) is 27.5 Å². The summed E-state index contributed by atoms with van der Waals surface area (Å²) in [5, 5.41) is 9.64. The van der Waals surface area contributed by atoms with Crippen molar-refractivity contribution in [1.29, 1.82) is 0 Å². The Labute approximate surface area is 220 Å². The standard InChI is InChI=1S/C29H34F4N2O3/c30-26-16-22(4-7-25(26)27(37)35-15-10-23(36)17-35)21-2-5-24(6-3-21)38-18-20-8-13-34(14-9-20)19-28(11-1-12-28)29(31,32)33/h2-7,16,20,23,36H,1,8-15,17-19H2/t23-/m0/s1. The molecule has 3 aliphatic rings. The lowest BCUT2D eigenvalue weighted by atomic mass is 9.67. The SMILES string of the molecule is O=C(c1ccc(-c2ccc(OCC3CCN(CC4(C(F)(F)F)CCC4)CC3)cc2)cc1F)N1CC[C@H](O)C1. The molecule has 2 aliphatic heterocycles. The molecule has 1 saturated carbocycles. The Bertz CT molecular complexity index is 1130. The summed E-state index contributed by atoms with van der Waals surface area (Å²) in [5.74, 6) is -0.0336. The maximum atomic E-state index is 14.7. The minimum Gasteiger partial charge on any atom is -0.493 e. The molecule has 5 rings (SSSR count). The van der Waals surface area contributed by atoms with Gasteiger partial charge in [0.1, 0.15) is 11.6 Å². The van der Waals surface area contributed by atoms with Crippen LogP contribution in [0.1, 0.15) is 48.9 Å². The topological polar surface area (TPSA) is 53.0 Å². The number of hydrogen-bond donors (Lipinski definition) is 1. The van der Waals surface area contributed by atoms with Gasteiger partial charge < -0.3 is 19.6 Å². The van der Waals surface area contributed by atoms with Gasteiger partial charge in [0, 0.05) is 19.6 Å². The summed E-state index contributed by atoms with van der Waals surface area (Å²) >= 11 is 0. The maximum absolute atomic E-state index is 14.7. The summed E-state index contributed by atoms with van der Waals surface area (Å²) in [6, 6.07) is 11.8. The second-order valence-corrected chi connectivity index (χ2v) is 11.1. The van der Waals surface area contributed by atoms with E-state index in [1.54, 1.807) is 6.07 Å². The van der Waals surface area contributed by atoms with E-state index in [0.717, 1.165) is 18.4 Å². The maximum Gasteiger partial charge on any atom is 0.395 e. The number of rotatable bonds is 7. The van der Waals surface area contributed by atoms with Gasteiger partial charge in [-0.2, -0.15) is 13.2 Å². The molecule has 0 bridgehead atoms. The van der Waals surface area contributed by atoms with Crippen molar-refractivity contribution < 1.29 is 32.2 Å². The molecule has 0 unspecified atom stereocenters. The van der Waals surface area contributed by atoms with Crippen LogP contribution in [0.4, 0.5) is 17.6 Å². The summed E-state index contributed by atoms with van der Waals surface area (Å²) in [4.78, 5) is 16.0. The van der Waals surface area contributed by atoms with E-state index in [1.807, 2.05) is 29.2 Å².